The van der Waals surface area contributed by atoms with Crippen molar-refractivity contribution in [1.82, 2.24) is 10.2 Å². The van der Waals surface area contributed by atoms with Crippen LogP contribution in [0.15, 0.2) is 0 Å². The zero-order valence-electron chi connectivity index (χ0n) is 12.3. The minimum atomic E-state index is -0.356. The summed E-state index contributed by atoms with van der Waals surface area (Å²) in [6.07, 6.45) is 1.46. The van der Waals surface area contributed by atoms with E-state index in [9.17, 15) is 14.4 Å². The Bertz CT molecular complexity index is 363. The Morgan fingerprint density at radius 3 is 2.11 bits per heavy atom. The predicted molar refractivity (Wildman–Crippen MR) is 72.5 cm³/mol. The molecule has 1 saturated heterocycles. The molecule has 0 aromatic heterocycles. The number of carbonyl (C=O) groups excluding carboxylic acids is 3. The third-order valence-electron chi connectivity index (χ3n) is 3.20. The van der Waals surface area contributed by atoms with Crippen molar-refractivity contribution in [3.63, 3.8) is 0 Å². The number of hydrogen-bond acceptors (Lipinski definition) is 3. The van der Waals surface area contributed by atoms with Gasteiger partial charge in [-0.2, -0.15) is 0 Å². The zero-order valence-corrected chi connectivity index (χ0v) is 12.3. The molecular formula is C14H24N2O3. The van der Waals surface area contributed by atoms with Crippen LogP contribution in [0.1, 0.15) is 47.0 Å². The maximum Gasteiger partial charge on any atom is 0.227 e. The summed E-state index contributed by atoms with van der Waals surface area (Å²) in [4.78, 5) is 36.3. The highest BCUT2D eigenvalue weighted by Gasteiger charge is 2.30. The third kappa shape index (κ3) is 5.01. The molecule has 0 bridgehead atoms. The number of nitrogens with one attached hydrogen (secondary N) is 1. The fraction of sp³-hybridized carbons (Fsp3) is 0.786. The standard InChI is InChI=1S/C14H24N2O3/c1-10(17)9-12(18)15-11-5-7-16(8-6-11)13(19)14(2,3)4/h11H,5-9H2,1-4H3,(H,15,18). The number of hydrogen-bond donors (Lipinski definition) is 1. The van der Waals surface area contributed by atoms with Gasteiger partial charge in [0.25, 0.3) is 0 Å². The number of Topliss-reactive ketones (excluding diaryl/α,β-unsaturated/α-hetero) is 1. The lowest BCUT2D eigenvalue weighted by atomic mass is 9.93. The summed E-state index contributed by atoms with van der Waals surface area (Å²) in [5.41, 5.74) is -0.356. The summed E-state index contributed by atoms with van der Waals surface area (Å²) in [5, 5.41) is 2.85. The van der Waals surface area contributed by atoms with Crippen molar-refractivity contribution in [2.75, 3.05) is 13.1 Å². The van der Waals surface area contributed by atoms with Gasteiger partial charge in [0.2, 0.25) is 11.8 Å². The van der Waals surface area contributed by atoms with Gasteiger partial charge >= 0.3 is 0 Å². The van der Waals surface area contributed by atoms with Crippen LogP contribution in [-0.4, -0.2) is 41.6 Å². The second-order valence-electron chi connectivity index (χ2n) is 6.26. The van der Waals surface area contributed by atoms with Gasteiger partial charge in [-0.3, -0.25) is 14.4 Å². The van der Waals surface area contributed by atoms with Crippen LogP contribution in [-0.2, 0) is 14.4 Å². The first kappa shape index (κ1) is 15.7. The van der Waals surface area contributed by atoms with E-state index in [0.29, 0.717) is 13.1 Å². The maximum absolute atomic E-state index is 12.1. The molecule has 108 valence electrons. The molecule has 0 aromatic rings. The van der Waals surface area contributed by atoms with Gasteiger partial charge in [0, 0.05) is 24.5 Å². The highest BCUT2D eigenvalue weighted by atomic mass is 16.2. The van der Waals surface area contributed by atoms with Crippen molar-refractivity contribution >= 4 is 17.6 Å². The minimum Gasteiger partial charge on any atom is -0.353 e. The number of carbonyl (C=O) groups is 3. The molecule has 1 N–H and O–H groups in total. The van der Waals surface area contributed by atoms with E-state index < -0.39 is 0 Å². The van der Waals surface area contributed by atoms with E-state index in [1.54, 1.807) is 0 Å². The van der Waals surface area contributed by atoms with Gasteiger partial charge in [0.1, 0.15) is 5.78 Å². The topological polar surface area (TPSA) is 66.5 Å². The van der Waals surface area contributed by atoms with Crippen LogP contribution < -0.4 is 5.32 Å². The van der Waals surface area contributed by atoms with Gasteiger partial charge in [0.15, 0.2) is 0 Å². The summed E-state index contributed by atoms with van der Waals surface area (Å²) in [5.74, 6) is -0.188. The van der Waals surface area contributed by atoms with Crippen LogP contribution in [0.3, 0.4) is 0 Å². The Kier molecular flexibility index (Phi) is 5.09. The molecule has 0 atom stereocenters. The average molecular weight is 268 g/mol. The van der Waals surface area contributed by atoms with Crippen molar-refractivity contribution in [3.8, 4) is 0 Å². The summed E-state index contributed by atoms with van der Waals surface area (Å²) < 4.78 is 0. The first-order valence-corrected chi connectivity index (χ1v) is 6.78. The number of ketones is 1. The van der Waals surface area contributed by atoms with E-state index in [-0.39, 0.29) is 35.5 Å². The van der Waals surface area contributed by atoms with E-state index in [4.69, 9.17) is 0 Å². The van der Waals surface area contributed by atoms with Crippen molar-refractivity contribution in [1.29, 1.82) is 0 Å². The second-order valence-corrected chi connectivity index (χ2v) is 6.26. The summed E-state index contributed by atoms with van der Waals surface area (Å²) >= 11 is 0. The molecule has 5 nitrogen and oxygen atoms in total. The molecule has 19 heavy (non-hydrogen) atoms. The Morgan fingerprint density at radius 1 is 1.16 bits per heavy atom. The molecular weight excluding hydrogens is 244 g/mol. The normalized spacial score (nSPS) is 17.2. The Labute approximate surface area is 114 Å². The SMILES string of the molecule is CC(=O)CC(=O)NC1CCN(C(=O)C(C)(C)C)CC1. The molecule has 1 heterocycles. The third-order valence-corrected chi connectivity index (χ3v) is 3.20. The zero-order chi connectivity index (χ0) is 14.6. The summed E-state index contributed by atoms with van der Waals surface area (Å²) in [6.45, 7) is 8.48. The van der Waals surface area contributed by atoms with Gasteiger partial charge in [-0.05, 0) is 19.8 Å². The van der Waals surface area contributed by atoms with Crippen molar-refractivity contribution in [2.45, 2.75) is 53.0 Å². The van der Waals surface area contributed by atoms with E-state index in [0.717, 1.165) is 12.8 Å². The quantitative estimate of drug-likeness (QED) is 0.780. The Morgan fingerprint density at radius 2 is 1.68 bits per heavy atom. The maximum atomic E-state index is 12.1. The van der Waals surface area contributed by atoms with Crippen LogP contribution in [0.2, 0.25) is 0 Å². The first-order chi connectivity index (χ1) is 8.70. The summed E-state index contributed by atoms with van der Waals surface area (Å²) in [6, 6.07) is 0.0795. The van der Waals surface area contributed by atoms with Gasteiger partial charge in [-0.15, -0.1) is 0 Å². The van der Waals surface area contributed by atoms with Crippen molar-refractivity contribution in [2.24, 2.45) is 5.41 Å². The molecule has 0 unspecified atom stereocenters. The molecule has 1 aliphatic rings. The molecule has 0 aromatic carbocycles. The predicted octanol–water partition coefficient (Wildman–Crippen LogP) is 1.12. The van der Waals surface area contributed by atoms with Gasteiger partial charge < -0.3 is 10.2 Å². The Balaban J connectivity index is 2.39. The molecule has 2 amide bonds. The molecule has 0 saturated carbocycles. The van der Waals surface area contributed by atoms with Gasteiger partial charge in [-0.25, -0.2) is 0 Å². The number of rotatable bonds is 3. The molecule has 1 rings (SSSR count). The van der Waals surface area contributed by atoms with E-state index in [1.165, 1.54) is 6.92 Å². The number of nitrogens with zero attached hydrogens (tertiary/aromatic N) is 1. The Hall–Kier alpha value is -1.39. The van der Waals surface area contributed by atoms with Crippen LogP contribution in [0, 0.1) is 5.41 Å². The number of amides is 2. The van der Waals surface area contributed by atoms with Gasteiger partial charge in [-0.1, -0.05) is 20.8 Å². The second kappa shape index (κ2) is 6.17. The molecule has 0 spiro atoms. The number of piperidine rings is 1. The van der Waals surface area contributed by atoms with Crippen LogP contribution in [0.25, 0.3) is 0 Å². The molecule has 1 fully saturated rings. The lowest BCUT2D eigenvalue weighted by Crippen LogP contribution is -2.49. The highest BCUT2D eigenvalue weighted by molar-refractivity contribution is 5.96. The first-order valence-electron chi connectivity index (χ1n) is 6.78. The average Bonchev–Trinajstić information content (AvgIpc) is 2.26. The fourth-order valence-electron chi connectivity index (χ4n) is 2.21. The summed E-state index contributed by atoms with van der Waals surface area (Å²) in [7, 11) is 0. The van der Waals surface area contributed by atoms with Crippen LogP contribution >= 0.6 is 0 Å². The number of likely N-dealkylation sites (tertiary alicyclic amines) is 1. The van der Waals surface area contributed by atoms with Crippen LogP contribution in [0.5, 0.6) is 0 Å². The lowest BCUT2D eigenvalue weighted by molar-refractivity contribution is -0.140. The molecule has 5 heteroatoms. The fourth-order valence-corrected chi connectivity index (χ4v) is 2.21. The van der Waals surface area contributed by atoms with Crippen molar-refractivity contribution in [3.05, 3.63) is 0 Å². The largest absolute Gasteiger partial charge is 0.353 e. The highest BCUT2D eigenvalue weighted by Crippen LogP contribution is 2.20. The lowest BCUT2D eigenvalue weighted by Gasteiger charge is -2.36. The van der Waals surface area contributed by atoms with Crippen LogP contribution in [0.4, 0.5) is 0 Å². The smallest absolute Gasteiger partial charge is 0.227 e. The van der Waals surface area contributed by atoms with E-state index in [2.05, 4.69) is 5.32 Å². The van der Waals surface area contributed by atoms with E-state index >= 15 is 0 Å². The molecule has 0 aliphatic carbocycles. The minimum absolute atomic E-state index is 0.0544. The van der Waals surface area contributed by atoms with Gasteiger partial charge in [0.05, 0.1) is 6.42 Å². The monoisotopic (exact) mass is 268 g/mol. The van der Waals surface area contributed by atoms with E-state index in [1.807, 2.05) is 25.7 Å². The molecule has 0 radical (unpaired) electrons. The molecule has 1 aliphatic heterocycles. The van der Waals surface area contributed by atoms with Crippen molar-refractivity contribution < 1.29 is 14.4 Å².